The van der Waals surface area contributed by atoms with Crippen molar-refractivity contribution in [2.45, 2.75) is 38.5 Å². The molecule has 2 fully saturated rings. The number of carbonyl (C=O) groups is 2. The van der Waals surface area contributed by atoms with Gasteiger partial charge in [0.25, 0.3) is 0 Å². The molecule has 0 unspecified atom stereocenters. The predicted octanol–water partition coefficient (Wildman–Crippen LogP) is 2.91. The quantitative estimate of drug-likeness (QED) is 0.605. The Morgan fingerprint density at radius 2 is 1.94 bits per heavy atom. The maximum Gasteiger partial charge on any atom is 0.341 e. The third kappa shape index (κ3) is 3.79. The van der Waals surface area contributed by atoms with Crippen molar-refractivity contribution < 1.29 is 14.7 Å². The Morgan fingerprint density at radius 1 is 1.16 bits per heavy atom. The zero-order valence-electron chi connectivity index (χ0n) is 17.4. The van der Waals surface area contributed by atoms with Gasteiger partial charge < -0.3 is 10.0 Å². The Balaban J connectivity index is 1.40. The topological polar surface area (TPSA) is 118 Å². The largest absolute Gasteiger partial charge is 0.477 e. The lowest BCUT2D eigenvalue weighted by molar-refractivity contribution is -0.124. The van der Waals surface area contributed by atoms with Gasteiger partial charge in [0.05, 0.1) is 11.3 Å². The molecule has 4 heterocycles. The van der Waals surface area contributed by atoms with Crippen LogP contribution < -0.4 is 10.3 Å². The van der Waals surface area contributed by atoms with E-state index in [1.165, 1.54) is 36.4 Å². The molecular formula is C22H23N5O4S. The van der Waals surface area contributed by atoms with Crippen LogP contribution in [0.4, 0.5) is 5.82 Å². The monoisotopic (exact) mass is 453 g/mol. The van der Waals surface area contributed by atoms with Crippen molar-refractivity contribution in [3.8, 4) is 5.13 Å². The molecular weight excluding hydrogens is 430 g/mol. The van der Waals surface area contributed by atoms with Crippen molar-refractivity contribution in [3.05, 3.63) is 40.4 Å². The van der Waals surface area contributed by atoms with Gasteiger partial charge in [0, 0.05) is 37.2 Å². The Hall–Kier alpha value is -3.14. The van der Waals surface area contributed by atoms with Gasteiger partial charge in [0.15, 0.2) is 5.65 Å². The molecule has 1 saturated carbocycles. The highest BCUT2D eigenvalue weighted by molar-refractivity contribution is 7.08. The summed E-state index contributed by atoms with van der Waals surface area (Å²) in [5.74, 6) is 0.245. The van der Waals surface area contributed by atoms with Crippen LogP contribution in [0.1, 0.15) is 48.9 Å². The van der Waals surface area contributed by atoms with Crippen LogP contribution in [0.15, 0.2) is 29.5 Å². The van der Waals surface area contributed by atoms with Crippen LogP contribution in [0.3, 0.4) is 0 Å². The fourth-order valence-corrected chi connectivity index (χ4v) is 5.16. The van der Waals surface area contributed by atoms with Gasteiger partial charge in [-0.1, -0.05) is 32.1 Å². The number of rotatable bonds is 6. The molecule has 1 saturated heterocycles. The number of carbonyl (C=O) groups excluding carboxylic acids is 1. The average Bonchev–Trinajstić information content (AvgIpc) is 3.28. The van der Waals surface area contributed by atoms with Gasteiger partial charge in [-0.05, 0) is 18.1 Å². The van der Waals surface area contributed by atoms with Crippen molar-refractivity contribution in [1.82, 2.24) is 18.9 Å². The van der Waals surface area contributed by atoms with Crippen LogP contribution in [-0.2, 0) is 4.79 Å². The first-order valence-corrected chi connectivity index (χ1v) is 11.6. The number of carboxylic acid groups (broad SMARTS) is 1. The number of hydrogen-bond acceptors (Lipinski definition) is 8. The number of nitrogens with zero attached hydrogens (tertiary/aromatic N) is 5. The summed E-state index contributed by atoms with van der Waals surface area (Å²) in [6.45, 7) is 1.22. The summed E-state index contributed by atoms with van der Waals surface area (Å²) in [4.78, 5) is 47.7. The van der Waals surface area contributed by atoms with E-state index in [0.717, 1.165) is 24.4 Å². The van der Waals surface area contributed by atoms with Gasteiger partial charge in [0.2, 0.25) is 10.6 Å². The number of ketones is 1. The van der Waals surface area contributed by atoms with Gasteiger partial charge in [-0.15, -0.1) is 0 Å². The van der Waals surface area contributed by atoms with E-state index in [2.05, 4.69) is 14.3 Å². The molecule has 1 aliphatic carbocycles. The minimum absolute atomic E-state index is 0.0224. The molecule has 0 amide bonds. The fourth-order valence-electron chi connectivity index (χ4n) is 4.65. The second-order valence-corrected chi connectivity index (χ2v) is 9.35. The number of anilines is 1. The highest BCUT2D eigenvalue weighted by Crippen LogP contribution is 2.31. The molecule has 32 heavy (non-hydrogen) atoms. The summed E-state index contributed by atoms with van der Waals surface area (Å²) in [7, 11) is 0. The second kappa shape index (κ2) is 8.42. The van der Waals surface area contributed by atoms with Crippen molar-refractivity contribution in [2.24, 2.45) is 11.8 Å². The highest BCUT2D eigenvalue weighted by atomic mass is 32.1. The number of aromatic nitrogens is 4. The number of carboxylic acids is 1. The fraction of sp³-hybridized carbons (Fsp3) is 0.455. The van der Waals surface area contributed by atoms with E-state index >= 15 is 0 Å². The number of Topliss-reactive ketones (excluding diaryl/α,β-unsaturated/α-hetero) is 1. The maximum absolute atomic E-state index is 12.7. The van der Waals surface area contributed by atoms with Crippen LogP contribution in [0.2, 0.25) is 0 Å². The van der Waals surface area contributed by atoms with Gasteiger partial charge in [-0.25, -0.2) is 14.8 Å². The lowest BCUT2D eigenvalue weighted by Crippen LogP contribution is -2.51. The van der Waals surface area contributed by atoms with Crippen LogP contribution >= 0.6 is 11.5 Å². The van der Waals surface area contributed by atoms with Crippen molar-refractivity contribution in [3.63, 3.8) is 0 Å². The molecule has 0 spiro atoms. The molecule has 1 N–H and O–H groups in total. The van der Waals surface area contributed by atoms with Crippen molar-refractivity contribution in [2.75, 3.05) is 18.0 Å². The van der Waals surface area contributed by atoms with E-state index in [0.29, 0.717) is 47.8 Å². The van der Waals surface area contributed by atoms with E-state index in [9.17, 15) is 19.5 Å². The molecule has 0 atom stereocenters. The molecule has 0 bridgehead atoms. The summed E-state index contributed by atoms with van der Waals surface area (Å²) in [6, 6.07) is 3.31. The van der Waals surface area contributed by atoms with E-state index in [4.69, 9.17) is 0 Å². The molecule has 10 heteroatoms. The molecule has 2 aliphatic rings. The molecule has 0 aromatic carbocycles. The number of aromatic carboxylic acids is 1. The minimum atomic E-state index is -1.30. The first kappa shape index (κ1) is 20.7. The third-order valence-corrected chi connectivity index (χ3v) is 7.16. The molecule has 1 aliphatic heterocycles. The van der Waals surface area contributed by atoms with Gasteiger partial charge in [-0.3, -0.25) is 14.2 Å². The Bertz CT molecular complexity index is 1230. The van der Waals surface area contributed by atoms with Crippen LogP contribution in [0.5, 0.6) is 0 Å². The Kier molecular flexibility index (Phi) is 5.46. The normalized spacial score (nSPS) is 17.4. The average molecular weight is 454 g/mol. The SMILES string of the molecule is O=C(O)c1cn(-c2ncns2)c2nc(N3CC(C(=O)CC4CCCCC4)C3)ccc2c1=O. The summed E-state index contributed by atoms with van der Waals surface area (Å²) in [6.07, 6.45) is 9.37. The lowest BCUT2D eigenvalue weighted by atomic mass is 9.82. The predicted molar refractivity (Wildman–Crippen MR) is 120 cm³/mol. The molecule has 3 aromatic heterocycles. The number of pyridine rings is 2. The van der Waals surface area contributed by atoms with Crippen LogP contribution in [0.25, 0.3) is 16.2 Å². The van der Waals surface area contributed by atoms with Crippen molar-refractivity contribution in [1.29, 1.82) is 0 Å². The summed E-state index contributed by atoms with van der Waals surface area (Å²) in [5.41, 5.74) is -0.609. The van der Waals surface area contributed by atoms with E-state index < -0.39 is 11.4 Å². The maximum atomic E-state index is 12.7. The first-order chi connectivity index (χ1) is 15.5. The minimum Gasteiger partial charge on any atom is -0.477 e. The van der Waals surface area contributed by atoms with Crippen LogP contribution in [0, 0.1) is 11.8 Å². The summed E-state index contributed by atoms with van der Waals surface area (Å²) >= 11 is 1.08. The van der Waals surface area contributed by atoms with Gasteiger partial charge >= 0.3 is 5.97 Å². The zero-order chi connectivity index (χ0) is 22.2. The number of fused-ring (bicyclic) bond motifs is 1. The summed E-state index contributed by atoms with van der Waals surface area (Å²) in [5, 5.41) is 10.1. The Labute approximate surface area is 187 Å². The van der Waals surface area contributed by atoms with Gasteiger partial charge in [0.1, 0.15) is 23.5 Å². The zero-order valence-corrected chi connectivity index (χ0v) is 18.3. The molecule has 9 nitrogen and oxygen atoms in total. The Morgan fingerprint density at radius 3 is 2.62 bits per heavy atom. The molecule has 5 rings (SSSR count). The van der Waals surface area contributed by atoms with Crippen LogP contribution in [-0.4, -0.2) is 48.9 Å². The molecule has 166 valence electrons. The van der Waals surface area contributed by atoms with E-state index in [1.807, 2.05) is 4.90 Å². The molecule has 0 radical (unpaired) electrons. The second-order valence-electron chi connectivity index (χ2n) is 8.59. The first-order valence-electron chi connectivity index (χ1n) is 10.9. The van der Waals surface area contributed by atoms with E-state index in [1.54, 1.807) is 12.1 Å². The number of hydrogen-bond donors (Lipinski definition) is 1. The lowest BCUT2D eigenvalue weighted by Gasteiger charge is -2.40. The smallest absolute Gasteiger partial charge is 0.341 e. The summed E-state index contributed by atoms with van der Waals surface area (Å²) < 4.78 is 5.47. The van der Waals surface area contributed by atoms with Crippen molar-refractivity contribution >= 4 is 40.1 Å². The van der Waals surface area contributed by atoms with E-state index in [-0.39, 0.29) is 16.9 Å². The molecule has 3 aromatic rings. The standard InChI is InChI=1S/C22H23N5O4S/c28-17(8-13-4-2-1-3-5-13)14-9-26(10-14)18-7-6-15-19(29)16(21(30)31)11-27(20(15)25-18)22-23-12-24-32-22/h6-7,11-14H,1-5,8-10H2,(H,30,31). The van der Waals surface area contributed by atoms with Gasteiger partial charge in [-0.2, -0.15) is 4.37 Å². The highest BCUT2D eigenvalue weighted by Gasteiger charge is 2.34. The third-order valence-electron chi connectivity index (χ3n) is 6.50.